The smallest absolute Gasteiger partial charge is 0.374 e. The lowest BCUT2D eigenvalue weighted by Gasteiger charge is -2.30. The number of benzene rings is 2. The molecule has 1 heterocycles. The number of halogens is 3. The van der Waals surface area contributed by atoms with Crippen LogP contribution in [0.5, 0.6) is 0 Å². The summed E-state index contributed by atoms with van der Waals surface area (Å²) in [5.41, 5.74) is 3.28. The van der Waals surface area contributed by atoms with Crippen molar-refractivity contribution >= 4 is 11.4 Å². The van der Waals surface area contributed by atoms with Crippen molar-refractivity contribution in [1.82, 2.24) is 4.90 Å². The fourth-order valence-corrected chi connectivity index (χ4v) is 4.03. The van der Waals surface area contributed by atoms with Gasteiger partial charge in [-0.25, -0.2) is 0 Å². The Morgan fingerprint density at radius 3 is 2.22 bits per heavy atom. The van der Waals surface area contributed by atoms with E-state index in [1.165, 1.54) is 12.1 Å². The number of hydrogen-bond acceptors (Lipinski definition) is 2. The second-order valence-corrected chi connectivity index (χ2v) is 7.08. The van der Waals surface area contributed by atoms with Crippen molar-refractivity contribution in [1.29, 1.82) is 0 Å². The number of aryl methyl sites for hydroxylation is 1. The Balaban J connectivity index is 1.78. The number of Topliss-reactive ketones (excluding diaryl/α,β-unsaturated/α-hetero) is 1. The Hall–Kier alpha value is -2.56. The Labute approximate surface area is 156 Å². The van der Waals surface area contributed by atoms with Crippen LogP contribution < -0.4 is 0 Å². The van der Waals surface area contributed by atoms with Crippen LogP contribution in [0.3, 0.4) is 0 Å². The van der Waals surface area contributed by atoms with Crippen LogP contribution in [-0.4, -0.2) is 23.8 Å². The van der Waals surface area contributed by atoms with Gasteiger partial charge >= 0.3 is 6.18 Å². The number of hydrogen-bond donors (Lipinski definition) is 0. The van der Waals surface area contributed by atoms with Crippen molar-refractivity contribution in [2.45, 2.75) is 31.9 Å². The fourth-order valence-electron chi connectivity index (χ4n) is 4.03. The predicted molar refractivity (Wildman–Crippen MR) is 98.3 cm³/mol. The van der Waals surface area contributed by atoms with E-state index < -0.39 is 11.7 Å². The van der Waals surface area contributed by atoms with Gasteiger partial charge in [0, 0.05) is 29.9 Å². The number of likely N-dealkylation sites (tertiary alicyclic amines) is 1. The molecule has 1 aliphatic carbocycles. The summed E-state index contributed by atoms with van der Waals surface area (Å²) < 4.78 is 38.5. The Morgan fingerprint density at radius 1 is 0.889 bits per heavy atom. The minimum absolute atomic E-state index is 0.197. The predicted octanol–water partition coefficient (Wildman–Crippen LogP) is 5.34. The third kappa shape index (κ3) is 3.38. The highest BCUT2D eigenvalue weighted by Crippen LogP contribution is 2.37. The molecule has 0 radical (unpaired) electrons. The molecule has 1 fully saturated rings. The number of nitrogens with zero attached hydrogens (tertiary/aromatic N) is 1. The summed E-state index contributed by atoms with van der Waals surface area (Å²) in [5, 5.41) is 0. The molecule has 0 N–H and O–H groups in total. The lowest BCUT2D eigenvalue weighted by molar-refractivity contribution is -0.137. The summed E-state index contributed by atoms with van der Waals surface area (Å²) >= 11 is 0. The molecular weight excluding hydrogens is 351 g/mol. The molecule has 1 saturated heterocycles. The minimum atomic E-state index is -4.40. The summed E-state index contributed by atoms with van der Waals surface area (Å²) in [6.45, 7) is 1.86. The van der Waals surface area contributed by atoms with Gasteiger partial charge in [0.1, 0.15) is 0 Å². The van der Waals surface area contributed by atoms with Crippen LogP contribution >= 0.6 is 0 Å². The van der Waals surface area contributed by atoms with E-state index in [4.69, 9.17) is 0 Å². The zero-order valence-corrected chi connectivity index (χ0v) is 14.9. The molecule has 0 bridgehead atoms. The number of carbonyl (C=O) groups excluding carboxylic acids is 1. The van der Waals surface area contributed by atoms with E-state index in [0.29, 0.717) is 11.1 Å². The van der Waals surface area contributed by atoms with Crippen molar-refractivity contribution in [3.8, 4) is 0 Å². The van der Waals surface area contributed by atoms with Crippen LogP contribution in [0.1, 0.15) is 46.3 Å². The van der Waals surface area contributed by atoms with Gasteiger partial charge in [0.05, 0.1) is 5.56 Å². The lowest BCUT2D eigenvalue weighted by atomic mass is 9.84. The number of allylic oxidation sites excluding steroid dienone is 2. The molecule has 140 valence electrons. The maximum atomic E-state index is 13.3. The summed E-state index contributed by atoms with van der Waals surface area (Å²) in [6.07, 6.45) is -0.524. The average molecular weight is 371 g/mol. The van der Waals surface area contributed by atoms with E-state index in [2.05, 4.69) is 4.90 Å². The SMILES string of the molecule is O=C(C1=C(N2CCCC2)CCc2ccccc21)c1ccc(C(F)(F)F)cc1. The quantitative estimate of drug-likeness (QED) is 0.679. The van der Waals surface area contributed by atoms with Crippen molar-refractivity contribution in [2.75, 3.05) is 13.1 Å². The first-order valence-corrected chi connectivity index (χ1v) is 9.23. The average Bonchev–Trinajstić information content (AvgIpc) is 3.20. The monoisotopic (exact) mass is 371 g/mol. The highest BCUT2D eigenvalue weighted by Gasteiger charge is 2.32. The molecule has 4 rings (SSSR count). The van der Waals surface area contributed by atoms with Gasteiger partial charge < -0.3 is 4.90 Å². The number of ketones is 1. The standard InChI is InChI=1S/C22H20F3NO/c23-22(24,25)17-10-7-16(8-11-17)21(27)20-18-6-2-1-5-15(18)9-12-19(20)26-13-3-4-14-26/h1-2,5-8,10-11H,3-4,9,12-14H2. The summed E-state index contributed by atoms with van der Waals surface area (Å²) in [6, 6.07) is 12.4. The van der Waals surface area contributed by atoms with Crippen molar-refractivity contribution < 1.29 is 18.0 Å². The normalized spacial score (nSPS) is 17.2. The van der Waals surface area contributed by atoms with Gasteiger partial charge in [-0.1, -0.05) is 36.4 Å². The van der Waals surface area contributed by atoms with Crippen LogP contribution in [0, 0.1) is 0 Å². The minimum Gasteiger partial charge on any atom is -0.374 e. The molecule has 5 heteroatoms. The molecule has 0 aromatic heterocycles. The van der Waals surface area contributed by atoms with Gasteiger partial charge in [0.25, 0.3) is 0 Å². The van der Waals surface area contributed by atoms with Crippen LogP contribution in [0.4, 0.5) is 13.2 Å². The van der Waals surface area contributed by atoms with Gasteiger partial charge in [-0.15, -0.1) is 0 Å². The van der Waals surface area contributed by atoms with E-state index in [-0.39, 0.29) is 5.78 Å². The molecule has 2 aliphatic rings. The number of carbonyl (C=O) groups is 1. The Bertz CT molecular complexity index is 891. The molecular formula is C22H20F3NO. The molecule has 0 unspecified atom stereocenters. The van der Waals surface area contributed by atoms with Crippen molar-refractivity contribution in [2.24, 2.45) is 0 Å². The number of fused-ring (bicyclic) bond motifs is 1. The Morgan fingerprint density at radius 2 is 1.56 bits per heavy atom. The highest BCUT2D eigenvalue weighted by atomic mass is 19.4. The van der Waals surface area contributed by atoms with Gasteiger partial charge in [-0.3, -0.25) is 4.79 Å². The molecule has 2 aromatic carbocycles. The van der Waals surface area contributed by atoms with E-state index in [1.807, 2.05) is 24.3 Å². The summed E-state index contributed by atoms with van der Waals surface area (Å²) in [5.74, 6) is -0.197. The van der Waals surface area contributed by atoms with Crippen LogP contribution in [-0.2, 0) is 12.6 Å². The molecule has 2 nitrogen and oxygen atoms in total. The first-order chi connectivity index (χ1) is 12.9. The largest absolute Gasteiger partial charge is 0.416 e. The lowest BCUT2D eigenvalue weighted by Crippen LogP contribution is -2.25. The first-order valence-electron chi connectivity index (χ1n) is 9.23. The van der Waals surface area contributed by atoms with Crippen LogP contribution in [0.2, 0.25) is 0 Å². The zero-order valence-electron chi connectivity index (χ0n) is 14.9. The molecule has 2 aromatic rings. The second kappa shape index (κ2) is 6.87. The van der Waals surface area contributed by atoms with Crippen LogP contribution in [0.25, 0.3) is 5.57 Å². The molecule has 0 saturated carbocycles. The molecule has 0 amide bonds. The molecule has 0 atom stereocenters. The topological polar surface area (TPSA) is 20.3 Å². The highest BCUT2D eigenvalue weighted by molar-refractivity contribution is 6.30. The fraction of sp³-hybridized carbons (Fsp3) is 0.318. The maximum absolute atomic E-state index is 13.3. The van der Waals surface area contributed by atoms with Gasteiger partial charge in [0.15, 0.2) is 5.78 Å². The van der Waals surface area contributed by atoms with Crippen molar-refractivity contribution in [3.63, 3.8) is 0 Å². The second-order valence-electron chi connectivity index (χ2n) is 7.08. The third-order valence-corrected chi connectivity index (χ3v) is 5.40. The van der Waals surface area contributed by atoms with E-state index in [9.17, 15) is 18.0 Å². The molecule has 0 spiro atoms. The summed E-state index contributed by atoms with van der Waals surface area (Å²) in [7, 11) is 0. The van der Waals surface area contributed by atoms with E-state index in [0.717, 1.165) is 67.7 Å². The maximum Gasteiger partial charge on any atom is 0.416 e. The van der Waals surface area contributed by atoms with Crippen LogP contribution in [0.15, 0.2) is 54.2 Å². The molecule has 1 aliphatic heterocycles. The zero-order chi connectivity index (χ0) is 19.0. The molecule has 27 heavy (non-hydrogen) atoms. The van der Waals surface area contributed by atoms with E-state index in [1.54, 1.807) is 0 Å². The first kappa shape index (κ1) is 17.8. The van der Waals surface area contributed by atoms with Crippen molar-refractivity contribution in [3.05, 3.63) is 76.5 Å². The Kier molecular flexibility index (Phi) is 4.54. The number of alkyl halides is 3. The third-order valence-electron chi connectivity index (χ3n) is 5.40. The van der Waals surface area contributed by atoms with Gasteiger partial charge in [-0.2, -0.15) is 13.2 Å². The van der Waals surface area contributed by atoms with Gasteiger partial charge in [-0.05, 0) is 48.9 Å². The summed E-state index contributed by atoms with van der Waals surface area (Å²) in [4.78, 5) is 15.6. The van der Waals surface area contributed by atoms with E-state index >= 15 is 0 Å². The number of rotatable bonds is 3. The van der Waals surface area contributed by atoms with Gasteiger partial charge in [0.2, 0.25) is 0 Å².